The maximum Gasteiger partial charge on any atom is 0.258 e. The van der Waals surface area contributed by atoms with Crippen LogP contribution in [0.25, 0.3) is 0 Å². The van der Waals surface area contributed by atoms with Crippen LogP contribution >= 0.6 is 0 Å². The van der Waals surface area contributed by atoms with E-state index in [0.29, 0.717) is 23.2 Å². The number of amides is 1. The average molecular weight is 373 g/mol. The quantitative estimate of drug-likeness (QED) is 0.728. The monoisotopic (exact) mass is 373 g/mol. The van der Waals surface area contributed by atoms with E-state index in [0.717, 1.165) is 16.9 Å². The Morgan fingerprint density at radius 1 is 0.926 bits per heavy atom. The first-order valence-electron chi connectivity index (χ1n) is 8.77. The number of benzene rings is 2. The number of ether oxygens (including phenoxy) is 4. The lowest BCUT2D eigenvalue weighted by molar-refractivity contribution is -0.123. The molecule has 0 saturated carbocycles. The van der Waals surface area contributed by atoms with E-state index >= 15 is 0 Å². The van der Waals surface area contributed by atoms with Crippen LogP contribution in [-0.2, 0) is 11.3 Å². The molecule has 2 aromatic carbocycles. The maximum atomic E-state index is 12.2. The van der Waals surface area contributed by atoms with Crippen LogP contribution in [0, 0.1) is 0 Å². The highest BCUT2D eigenvalue weighted by molar-refractivity contribution is 5.77. The summed E-state index contributed by atoms with van der Waals surface area (Å²) in [6.45, 7) is 4.41. The first-order chi connectivity index (χ1) is 13.0. The van der Waals surface area contributed by atoms with Gasteiger partial charge in [0.05, 0.1) is 21.3 Å². The lowest BCUT2D eigenvalue weighted by atomic mass is 10.0. The van der Waals surface area contributed by atoms with Crippen LogP contribution in [0.3, 0.4) is 0 Å². The molecule has 2 aromatic rings. The van der Waals surface area contributed by atoms with Gasteiger partial charge in [0.1, 0.15) is 11.5 Å². The van der Waals surface area contributed by atoms with Gasteiger partial charge in [-0.2, -0.15) is 0 Å². The Labute approximate surface area is 160 Å². The Morgan fingerprint density at radius 3 is 2.19 bits per heavy atom. The van der Waals surface area contributed by atoms with Crippen LogP contribution in [0.15, 0.2) is 36.4 Å². The summed E-state index contributed by atoms with van der Waals surface area (Å²) in [6.07, 6.45) is 0. The molecule has 0 unspecified atom stereocenters. The van der Waals surface area contributed by atoms with Gasteiger partial charge in [0.25, 0.3) is 5.91 Å². The summed E-state index contributed by atoms with van der Waals surface area (Å²) in [4.78, 5) is 12.2. The second-order valence-electron chi connectivity index (χ2n) is 6.28. The second-order valence-corrected chi connectivity index (χ2v) is 6.28. The van der Waals surface area contributed by atoms with E-state index in [4.69, 9.17) is 18.9 Å². The number of methoxy groups -OCH3 is 3. The van der Waals surface area contributed by atoms with Gasteiger partial charge < -0.3 is 24.3 Å². The molecule has 1 amide bonds. The lowest BCUT2D eigenvalue weighted by Crippen LogP contribution is -2.28. The number of hydrogen-bond acceptors (Lipinski definition) is 5. The molecule has 0 aromatic heterocycles. The third kappa shape index (κ3) is 5.29. The third-order valence-corrected chi connectivity index (χ3v) is 4.16. The molecule has 6 nitrogen and oxygen atoms in total. The molecule has 27 heavy (non-hydrogen) atoms. The van der Waals surface area contributed by atoms with E-state index in [1.54, 1.807) is 33.5 Å². The van der Waals surface area contributed by atoms with Crippen molar-refractivity contribution in [3.63, 3.8) is 0 Å². The molecule has 146 valence electrons. The van der Waals surface area contributed by atoms with E-state index in [1.165, 1.54) is 0 Å². The zero-order valence-corrected chi connectivity index (χ0v) is 16.5. The number of nitrogens with one attached hydrogen (secondary N) is 1. The van der Waals surface area contributed by atoms with Gasteiger partial charge in [0.15, 0.2) is 18.1 Å². The lowest BCUT2D eigenvalue weighted by Gasteiger charge is -2.15. The van der Waals surface area contributed by atoms with E-state index in [1.807, 2.05) is 24.3 Å². The summed E-state index contributed by atoms with van der Waals surface area (Å²) in [5.41, 5.74) is 1.86. The fourth-order valence-electron chi connectivity index (χ4n) is 2.71. The van der Waals surface area contributed by atoms with E-state index in [9.17, 15) is 4.79 Å². The minimum atomic E-state index is -0.217. The van der Waals surface area contributed by atoms with Crippen LogP contribution in [0.1, 0.15) is 30.9 Å². The van der Waals surface area contributed by atoms with Crippen LogP contribution in [-0.4, -0.2) is 33.8 Å². The standard InChI is InChI=1S/C21H27NO5/c1-14(2)16-8-6-7-9-17(16)27-13-21(23)22-12-15-10-19(25-4)20(26-5)11-18(15)24-3/h6-11,14H,12-13H2,1-5H3,(H,22,23). The van der Waals surface area contributed by atoms with Gasteiger partial charge in [-0.15, -0.1) is 0 Å². The zero-order chi connectivity index (χ0) is 19.8. The molecular formula is C21H27NO5. The fraction of sp³-hybridized carbons (Fsp3) is 0.381. The first-order valence-corrected chi connectivity index (χ1v) is 8.77. The van der Waals surface area contributed by atoms with Crippen molar-refractivity contribution in [1.29, 1.82) is 0 Å². The van der Waals surface area contributed by atoms with Crippen LogP contribution in [0.4, 0.5) is 0 Å². The number of carbonyl (C=O) groups excluding carboxylic acids is 1. The Bertz CT molecular complexity index is 773. The predicted octanol–water partition coefficient (Wildman–Crippen LogP) is 3.53. The highest BCUT2D eigenvalue weighted by Crippen LogP contribution is 2.34. The van der Waals surface area contributed by atoms with Crippen LogP contribution in [0.2, 0.25) is 0 Å². The summed E-state index contributed by atoms with van der Waals surface area (Å²) < 4.78 is 21.6. The maximum absolute atomic E-state index is 12.2. The van der Waals surface area contributed by atoms with Crippen LogP contribution in [0.5, 0.6) is 23.0 Å². The molecule has 0 fully saturated rings. The molecule has 0 radical (unpaired) electrons. The molecule has 0 atom stereocenters. The normalized spacial score (nSPS) is 10.4. The van der Waals surface area contributed by atoms with Gasteiger partial charge >= 0.3 is 0 Å². The Hall–Kier alpha value is -2.89. The summed E-state index contributed by atoms with van der Waals surface area (Å²) >= 11 is 0. The minimum Gasteiger partial charge on any atom is -0.496 e. The van der Waals surface area contributed by atoms with Crippen LogP contribution < -0.4 is 24.3 Å². The zero-order valence-electron chi connectivity index (χ0n) is 16.5. The topological polar surface area (TPSA) is 66.0 Å². The fourth-order valence-corrected chi connectivity index (χ4v) is 2.71. The largest absolute Gasteiger partial charge is 0.496 e. The van der Waals surface area contributed by atoms with Crippen molar-refractivity contribution in [1.82, 2.24) is 5.32 Å². The number of para-hydroxylation sites is 1. The summed E-state index contributed by atoms with van der Waals surface area (Å²) in [6, 6.07) is 11.3. The highest BCUT2D eigenvalue weighted by Gasteiger charge is 2.13. The van der Waals surface area contributed by atoms with Crippen molar-refractivity contribution >= 4 is 5.91 Å². The third-order valence-electron chi connectivity index (χ3n) is 4.16. The van der Waals surface area contributed by atoms with E-state index in [-0.39, 0.29) is 19.1 Å². The molecular weight excluding hydrogens is 346 g/mol. The van der Waals surface area contributed by atoms with E-state index < -0.39 is 0 Å². The Balaban J connectivity index is 2.00. The SMILES string of the molecule is COc1cc(OC)c(OC)cc1CNC(=O)COc1ccccc1C(C)C. The molecule has 2 rings (SSSR count). The first kappa shape index (κ1) is 20.4. The van der Waals surface area contributed by atoms with Crippen molar-refractivity contribution in [3.05, 3.63) is 47.5 Å². The number of hydrogen-bond donors (Lipinski definition) is 1. The van der Waals surface area contributed by atoms with Gasteiger partial charge in [-0.05, 0) is 23.6 Å². The molecule has 0 saturated heterocycles. The summed E-state index contributed by atoms with van der Waals surface area (Å²) in [7, 11) is 4.69. The average Bonchev–Trinajstić information content (AvgIpc) is 2.69. The number of rotatable bonds is 9. The van der Waals surface area contributed by atoms with Crippen molar-refractivity contribution in [2.75, 3.05) is 27.9 Å². The Morgan fingerprint density at radius 2 is 1.56 bits per heavy atom. The van der Waals surface area contributed by atoms with Gasteiger partial charge in [-0.25, -0.2) is 0 Å². The molecule has 0 aliphatic carbocycles. The molecule has 0 aliphatic rings. The molecule has 1 N–H and O–H groups in total. The minimum absolute atomic E-state index is 0.0562. The highest BCUT2D eigenvalue weighted by atomic mass is 16.5. The van der Waals surface area contributed by atoms with Gasteiger partial charge in [0, 0.05) is 18.2 Å². The van der Waals surface area contributed by atoms with Gasteiger partial charge in [0.2, 0.25) is 0 Å². The smallest absolute Gasteiger partial charge is 0.258 e. The van der Waals surface area contributed by atoms with Crippen molar-refractivity contribution in [3.8, 4) is 23.0 Å². The number of carbonyl (C=O) groups is 1. The molecule has 0 aliphatic heterocycles. The van der Waals surface area contributed by atoms with Crippen molar-refractivity contribution < 1.29 is 23.7 Å². The van der Waals surface area contributed by atoms with Crippen molar-refractivity contribution in [2.45, 2.75) is 26.3 Å². The van der Waals surface area contributed by atoms with E-state index in [2.05, 4.69) is 19.2 Å². The summed E-state index contributed by atoms with van der Waals surface area (Å²) in [5.74, 6) is 2.58. The molecule has 0 heterocycles. The van der Waals surface area contributed by atoms with Gasteiger partial charge in [-0.1, -0.05) is 32.0 Å². The molecule has 6 heteroatoms. The van der Waals surface area contributed by atoms with Crippen molar-refractivity contribution in [2.24, 2.45) is 0 Å². The Kier molecular flexibility index (Phi) is 7.34. The molecule has 0 bridgehead atoms. The second kappa shape index (κ2) is 9.71. The molecule has 0 spiro atoms. The van der Waals surface area contributed by atoms with Gasteiger partial charge in [-0.3, -0.25) is 4.79 Å². The summed E-state index contributed by atoms with van der Waals surface area (Å²) in [5, 5.41) is 2.84. The predicted molar refractivity (Wildman–Crippen MR) is 104 cm³/mol.